The minimum Gasteiger partial charge on any atom is -0.481 e. The second kappa shape index (κ2) is 16.8. The maximum absolute atomic E-state index is 5.51. The summed E-state index contributed by atoms with van der Waals surface area (Å²) in [6, 6.07) is 25.8. The molecule has 0 aliphatic heterocycles. The molecule has 3 aromatic carbocycles. The molecule has 0 aliphatic carbocycles. The number of rotatable bonds is 9. The zero-order valence-corrected chi connectivity index (χ0v) is 23.0. The van der Waals surface area contributed by atoms with Crippen LogP contribution in [-0.2, 0) is 9.47 Å². The van der Waals surface area contributed by atoms with Crippen molar-refractivity contribution in [2.75, 3.05) is 14.2 Å². The first-order chi connectivity index (χ1) is 18.1. The van der Waals surface area contributed by atoms with E-state index < -0.39 is 0 Å². The van der Waals surface area contributed by atoms with Crippen LogP contribution in [0.25, 0.3) is 0 Å². The van der Waals surface area contributed by atoms with Crippen molar-refractivity contribution < 1.29 is 9.47 Å². The minimum absolute atomic E-state index is 0.483. The Hall–Kier alpha value is -3.83. The number of hydrogen-bond acceptors (Lipinski definition) is 5. The lowest BCUT2D eigenvalue weighted by Crippen LogP contribution is -2.03. The summed E-state index contributed by atoms with van der Waals surface area (Å²) in [4.78, 5) is 11.4. The molecule has 0 saturated heterocycles. The monoisotopic (exact) mass is 512 g/mol. The van der Waals surface area contributed by atoms with Crippen LogP contribution < -0.4 is 0 Å². The highest BCUT2D eigenvalue weighted by atomic mass is 32.2. The van der Waals surface area contributed by atoms with Gasteiger partial charge < -0.3 is 9.47 Å². The summed E-state index contributed by atoms with van der Waals surface area (Å²) in [6.45, 7) is 11.9. The molecule has 0 radical (unpaired) electrons. The lowest BCUT2D eigenvalue weighted by Gasteiger charge is -2.08. The highest BCUT2D eigenvalue weighted by Crippen LogP contribution is 2.32. The molecule has 0 amide bonds. The summed E-state index contributed by atoms with van der Waals surface area (Å²) in [5.74, 6) is 1.06. The van der Waals surface area contributed by atoms with Crippen molar-refractivity contribution in [3.63, 3.8) is 0 Å². The average molecular weight is 513 g/mol. The molecule has 0 aromatic heterocycles. The normalized spacial score (nSPS) is 11.7. The molecule has 4 nitrogen and oxygen atoms in total. The Labute approximate surface area is 226 Å². The molecule has 3 rings (SSSR count). The van der Waals surface area contributed by atoms with Crippen molar-refractivity contribution in [3.8, 4) is 0 Å². The van der Waals surface area contributed by atoms with Crippen LogP contribution in [0.15, 0.2) is 136 Å². The molecule has 0 unspecified atom stereocenters. The van der Waals surface area contributed by atoms with Crippen LogP contribution in [0.2, 0.25) is 0 Å². The quantitative estimate of drug-likeness (QED) is 0.163. The number of aliphatic imine (C=N–C) groups is 2. The van der Waals surface area contributed by atoms with E-state index in [0.717, 1.165) is 32.3 Å². The van der Waals surface area contributed by atoms with Gasteiger partial charge in [0.25, 0.3) is 0 Å². The predicted molar refractivity (Wildman–Crippen MR) is 160 cm³/mol. The molecule has 3 aromatic rings. The Morgan fingerprint density at radius 1 is 0.784 bits per heavy atom. The van der Waals surface area contributed by atoms with E-state index in [2.05, 4.69) is 43.1 Å². The zero-order valence-electron chi connectivity index (χ0n) is 22.2. The van der Waals surface area contributed by atoms with Crippen molar-refractivity contribution in [2.45, 2.75) is 36.5 Å². The molecule has 0 saturated carbocycles. The summed E-state index contributed by atoms with van der Waals surface area (Å²) >= 11 is 1.63. The fourth-order valence-corrected chi connectivity index (χ4v) is 3.92. The molecule has 0 N–H and O–H groups in total. The third kappa shape index (κ3) is 9.98. The highest BCUT2D eigenvalue weighted by molar-refractivity contribution is 7.99. The Kier molecular flexibility index (Phi) is 13.3. The second-order valence-electron chi connectivity index (χ2n) is 7.77. The van der Waals surface area contributed by atoms with Crippen molar-refractivity contribution in [3.05, 3.63) is 121 Å². The van der Waals surface area contributed by atoms with Gasteiger partial charge in [-0.05, 0) is 48.5 Å². The van der Waals surface area contributed by atoms with E-state index in [9.17, 15) is 0 Å². The van der Waals surface area contributed by atoms with Crippen LogP contribution in [-0.4, -0.2) is 26.0 Å². The molecule has 0 atom stereocenters. The Morgan fingerprint density at radius 3 is 1.86 bits per heavy atom. The lowest BCUT2D eigenvalue weighted by molar-refractivity contribution is 0.405. The molecule has 0 aliphatic rings. The van der Waals surface area contributed by atoms with Gasteiger partial charge in [-0.25, -0.2) is 9.98 Å². The van der Waals surface area contributed by atoms with Gasteiger partial charge in [-0.15, -0.1) is 0 Å². The number of ether oxygens (including phenoxy) is 2. The Morgan fingerprint density at radius 2 is 1.38 bits per heavy atom. The number of methoxy groups -OCH3 is 2. The lowest BCUT2D eigenvalue weighted by atomic mass is 10.2. The molecular formula is C32H36N2O2S. The van der Waals surface area contributed by atoms with Crippen LogP contribution in [0.3, 0.4) is 0 Å². The van der Waals surface area contributed by atoms with E-state index in [0.29, 0.717) is 11.8 Å². The Balaban J connectivity index is 0.00000112. The fraction of sp³-hybridized carbons (Fsp3) is 0.188. The van der Waals surface area contributed by atoms with Gasteiger partial charge in [0, 0.05) is 20.9 Å². The second-order valence-corrected chi connectivity index (χ2v) is 8.91. The number of unbranched alkanes of at least 4 members (excludes halogenated alkanes) is 1. The standard InChI is InChI=1S/C28H26N2O2S.C4H10/c1-5-12-21(6-2)27(31-3)29-23-15-10-17-25(19-23)33-26-18-11-16-24(20-26)30-28(32-4)22-13-8-7-9-14-22;1-3-4-2/h5-20H,1-2H2,3-4H3;3-4H2,1-2H3/b21-12+,29-27?,30-28?;. The number of nitrogens with zero attached hydrogens (tertiary/aromatic N) is 2. The molecule has 192 valence electrons. The summed E-state index contributed by atoms with van der Waals surface area (Å²) in [5.41, 5.74) is 3.31. The summed E-state index contributed by atoms with van der Waals surface area (Å²) in [7, 11) is 3.22. The van der Waals surface area contributed by atoms with Gasteiger partial charge in [-0.2, -0.15) is 0 Å². The van der Waals surface area contributed by atoms with E-state index in [1.54, 1.807) is 38.1 Å². The van der Waals surface area contributed by atoms with Gasteiger partial charge in [-0.3, -0.25) is 0 Å². The first-order valence-corrected chi connectivity index (χ1v) is 13.0. The average Bonchev–Trinajstić information content (AvgIpc) is 2.94. The van der Waals surface area contributed by atoms with E-state index in [1.165, 1.54) is 12.8 Å². The van der Waals surface area contributed by atoms with Crippen LogP contribution in [0.1, 0.15) is 32.3 Å². The van der Waals surface area contributed by atoms with E-state index >= 15 is 0 Å². The molecule has 37 heavy (non-hydrogen) atoms. The smallest absolute Gasteiger partial charge is 0.220 e. The van der Waals surface area contributed by atoms with E-state index in [-0.39, 0.29) is 0 Å². The molecule has 0 heterocycles. The van der Waals surface area contributed by atoms with E-state index in [1.807, 2.05) is 78.9 Å². The van der Waals surface area contributed by atoms with Crippen molar-refractivity contribution in [2.24, 2.45) is 9.98 Å². The van der Waals surface area contributed by atoms with E-state index in [4.69, 9.17) is 9.47 Å². The van der Waals surface area contributed by atoms with Crippen LogP contribution >= 0.6 is 11.8 Å². The third-order valence-electron chi connectivity index (χ3n) is 5.00. The molecular weight excluding hydrogens is 476 g/mol. The SMILES string of the molecule is C=C/C=C(\C=C)C(=Nc1cccc(Sc2cccc(N=C(OC)c3ccccc3)c2)c1)OC.CCCC. The topological polar surface area (TPSA) is 43.2 Å². The van der Waals surface area contributed by atoms with Gasteiger partial charge in [0.2, 0.25) is 11.8 Å². The summed E-state index contributed by atoms with van der Waals surface area (Å²) < 4.78 is 11.0. The molecule has 5 heteroatoms. The van der Waals surface area contributed by atoms with Gasteiger partial charge in [0.15, 0.2) is 0 Å². The first-order valence-electron chi connectivity index (χ1n) is 12.2. The zero-order chi connectivity index (χ0) is 26.9. The molecule has 0 fully saturated rings. The van der Waals surface area contributed by atoms with Gasteiger partial charge >= 0.3 is 0 Å². The number of benzene rings is 3. The van der Waals surface area contributed by atoms with Crippen molar-refractivity contribution >= 4 is 34.9 Å². The summed E-state index contributed by atoms with van der Waals surface area (Å²) in [6.07, 6.45) is 7.82. The maximum Gasteiger partial charge on any atom is 0.220 e. The van der Waals surface area contributed by atoms with Crippen molar-refractivity contribution in [1.29, 1.82) is 0 Å². The number of allylic oxidation sites excluding steroid dienone is 2. The van der Waals surface area contributed by atoms with Crippen LogP contribution in [0.4, 0.5) is 11.4 Å². The third-order valence-corrected chi connectivity index (χ3v) is 5.98. The predicted octanol–water partition coefficient (Wildman–Crippen LogP) is 9.34. The van der Waals surface area contributed by atoms with Crippen LogP contribution in [0.5, 0.6) is 0 Å². The van der Waals surface area contributed by atoms with Gasteiger partial charge in [0.05, 0.1) is 25.6 Å². The van der Waals surface area contributed by atoms with Gasteiger partial charge in [0.1, 0.15) is 0 Å². The van der Waals surface area contributed by atoms with Crippen LogP contribution in [0, 0.1) is 0 Å². The Bertz CT molecular complexity index is 1230. The molecule has 0 spiro atoms. The van der Waals surface area contributed by atoms with Gasteiger partial charge in [-0.1, -0.05) is 100 Å². The number of hydrogen-bond donors (Lipinski definition) is 0. The molecule has 0 bridgehead atoms. The van der Waals surface area contributed by atoms with Crippen molar-refractivity contribution in [1.82, 2.24) is 0 Å². The summed E-state index contributed by atoms with van der Waals surface area (Å²) in [5, 5.41) is 0. The first kappa shape index (κ1) is 29.4. The minimum atomic E-state index is 0.483. The fourth-order valence-electron chi connectivity index (χ4n) is 2.99. The maximum atomic E-state index is 5.51. The highest BCUT2D eigenvalue weighted by Gasteiger charge is 2.06. The largest absolute Gasteiger partial charge is 0.481 e.